The molecule has 2 N–H and O–H groups in total. The Kier molecular flexibility index (Phi) is 3.67. The third-order valence-corrected chi connectivity index (χ3v) is 4.12. The predicted octanol–water partition coefficient (Wildman–Crippen LogP) is 2.14. The summed E-state index contributed by atoms with van der Waals surface area (Å²) in [6, 6.07) is 6.01. The molecular weight excluding hydrogens is 264 g/mol. The van der Waals surface area contributed by atoms with Crippen LogP contribution in [0.1, 0.15) is 18.4 Å². The van der Waals surface area contributed by atoms with Crippen LogP contribution in [0.2, 0.25) is 5.02 Å². The summed E-state index contributed by atoms with van der Waals surface area (Å²) < 4.78 is 11.6. The van der Waals surface area contributed by atoms with Crippen LogP contribution >= 0.6 is 11.6 Å². The van der Waals surface area contributed by atoms with Crippen molar-refractivity contribution < 1.29 is 9.47 Å². The molecule has 0 radical (unpaired) electrons. The maximum Gasteiger partial charge on any atom is 0.186 e. The van der Waals surface area contributed by atoms with Gasteiger partial charge < -0.3 is 20.1 Å². The van der Waals surface area contributed by atoms with E-state index in [0.29, 0.717) is 19.8 Å². The van der Waals surface area contributed by atoms with Crippen LogP contribution in [0.15, 0.2) is 18.2 Å². The summed E-state index contributed by atoms with van der Waals surface area (Å²) in [5, 5.41) is 0.748. The Labute approximate surface area is 118 Å². The highest BCUT2D eigenvalue weighted by molar-refractivity contribution is 6.33. The van der Waals surface area contributed by atoms with Crippen molar-refractivity contribution in [3.8, 4) is 0 Å². The number of hydrogen-bond acceptors (Lipinski definition) is 4. The molecule has 1 aromatic rings. The minimum absolute atomic E-state index is 0.423. The number of nitrogens with two attached hydrogens (primary N) is 1. The highest BCUT2D eigenvalue weighted by Crippen LogP contribution is 2.35. The van der Waals surface area contributed by atoms with Crippen molar-refractivity contribution in [1.82, 2.24) is 0 Å². The molecule has 0 atom stereocenters. The number of nitrogens with zero attached hydrogens (tertiary/aromatic N) is 1. The highest BCUT2D eigenvalue weighted by atomic mass is 35.5. The van der Waals surface area contributed by atoms with E-state index in [4.69, 9.17) is 26.8 Å². The average Bonchev–Trinajstić information content (AvgIpc) is 2.86. The summed E-state index contributed by atoms with van der Waals surface area (Å²) in [6.07, 6.45) is 2.01. The molecule has 0 amide bonds. The molecule has 2 heterocycles. The standard InChI is InChI=1S/C14H19ClN2O2/c15-12-8-11(9-16)2-3-13(12)17-5-1-4-14(10-17)18-6-7-19-14/h2-3,8H,1,4-7,9-10,16H2. The second-order valence-corrected chi connectivity index (χ2v) is 5.53. The van der Waals surface area contributed by atoms with Crippen molar-refractivity contribution >= 4 is 17.3 Å². The minimum Gasteiger partial charge on any atom is -0.365 e. The van der Waals surface area contributed by atoms with Gasteiger partial charge in [-0.15, -0.1) is 0 Å². The fourth-order valence-electron chi connectivity index (χ4n) is 2.86. The molecule has 104 valence electrons. The van der Waals surface area contributed by atoms with Crippen molar-refractivity contribution in [1.29, 1.82) is 0 Å². The molecule has 0 aromatic heterocycles. The number of anilines is 1. The van der Waals surface area contributed by atoms with Crippen LogP contribution < -0.4 is 10.6 Å². The van der Waals surface area contributed by atoms with Gasteiger partial charge in [0.15, 0.2) is 5.79 Å². The lowest BCUT2D eigenvalue weighted by Gasteiger charge is -2.40. The fraction of sp³-hybridized carbons (Fsp3) is 0.571. The summed E-state index contributed by atoms with van der Waals surface area (Å²) in [7, 11) is 0. The normalized spacial score (nSPS) is 22.1. The molecule has 2 fully saturated rings. The van der Waals surface area contributed by atoms with Crippen LogP contribution in [0.25, 0.3) is 0 Å². The van der Waals surface area contributed by atoms with Crippen LogP contribution in [0.3, 0.4) is 0 Å². The van der Waals surface area contributed by atoms with Gasteiger partial charge in [0.2, 0.25) is 0 Å². The van der Waals surface area contributed by atoms with E-state index in [9.17, 15) is 0 Å². The molecule has 2 aliphatic heterocycles. The maximum atomic E-state index is 6.36. The zero-order chi connectivity index (χ0) is 13.3. The Morgan fingerprint density at radius 2 is 2.11 bits per heavy atom. The van der Waals surface area contributed by atoms with Gasteiger partial charge in [-0.2, -0.15) is 0 Å². The van der Waals surface area contributed by atoms with Gasteiger partial charge >= 0.3 is 0 Å². The quantitative estimate of drug-likeness (QED) is 0.903. The maximum absolute atomic E-state index is 6.36. The zero-order valence-electron chi connectivity index (χ0n) is 10.9. The Bertz CT molecular complexity index is 461. The highest BCUT2D eigenvalue weighted by Gasteiger charge is 2.41. The Morgan fingerprint density at radius 1 is 1.32 bits per heavy atom. The van der Waals surface area contributed by atoms with Crippen LogP contribution in [0, 0.1) is 0 Å². The predicted molar refractivity (Wildman–Crippen MR) is 75.4 cm³/mol. The van der Waals surface area contributed by atoms with Crippen LogP contribution in [0.5, 0.6) is 0 Å². The molecule has 0 unspecified atom stereocenters. The molecule has 4 nitrogen and oxygen atoms in total. The molecule has 3 rings (SSSR count). The fourth-order valence-corrected chi connectivity index (χ4v) is 3.18. The summed E-state index contributed by atoms with van der Waals surface area (Å²) in [5.41, 5.74) is 7.72. The van der Waals surface area contributed by atoms with E-state index in [-0.39, 0.29) is 0 Å². The summed E-state index contributed by atoms with van der Waals surface area (Å²) in [6.45, 7) is 3.61. The lowest BCUT2D eigenvalue weighted by molar-refractivity contribution is -0.161. The molecular formula is C14H19ClN2O2. The SMILES string of the molecule is NCc1ccc(N2CCCC3(C2)OCCO3)c(Cl)c1. The molecule has 19 heavy (non-hydrogen) atoms. The van der Waals surface area contributed by atoms with E-state index in [1.165, 1.54) is 0 Å². The van der Waals surface area contributed by atoms with Gasteiger partial charge in [0.1, 0.15) is 0 Å². The molecule has 0 saturated carbocycles. The zero-order valence-corrected chi connectivity index (χ0v) is 11.7. The summed E-state index contributed by atoms with van der Waals surface area (Å²) in [4.78, 5) is 2.25. The summed E-state index contributed by atoms with van der Waals surface area (Å²) >= 11 is 6.36. The smallest absolute Gasteiger partial charge is 0.186 e. The third-order valence-electron chi connectivity index (χ3n) is 3.82. The van der Waals surface area contributed by atoms with Crippen molar-refractivity contribution in [2.45, 2.75) is 25.2 Å². The lowest BCUT2D eigenvalue weighted by atomic mass is 10.0. The first kappa shape index (κ1) is 13.2. The molecule has 1 spiro atoms. The topological polar surface area (TPSA) is 47.7 Å². The first-order valence-electron chi connectivity index (χ1n) is 6.74. The number of benzene rings is 1. The Balaban J connectivity index is 1.81. The van der Waals surface area contributed by atoms with Gasteiger partial charge in [-0.3, -0.25) is 0 Å². The van der Waals surface area contributed by atoms with Crippen LogP contribution in [-0.2, 0) is 16.0 Å². The Morgan fingerprint density at radius 3 is 2.79 bits per heavy atom. The second-order valence-electron chi connectivity index (χ2n) is 5.12. The van der Waals surface area contributed by atoms with Crippen molar-refractivity contribution in [2.24, 2.45) is 5.73 Å². The molecule has 0 bridgehead atoms. The van der Waals surface area contributed by atoms with E-state index in [2.05, 4.69) is 4.90 Å². The number of hydrogen-bond donors (Lipinski definition) is 1. The van der Waals surface area contributed by atoms with Crippen molar-refractivity contribution in [2.75, 3.05) is 31.2 Å². The van der Waals surface area contributed by atoms with Gasteiger partial charge in [0.05, 0.1) is 30.5 Å². The summed E-state index contributed by atoms with van der Waals surface area (Å²) in [5.74, 6) is -0.423. The van der Waals surface area contributed by atoms with E-state index >= 15 is 0 Å². The molecule has 2 aliphatic rings. The van der Waals surface area contributed by atoms with Crippen molar-refractivity contribution in [3.63, 3.8) is 0 Å². The first-order valence-corrected chi connectivity index (χ1v) is 7.12. The Hall–Kier alpha value is -0.810. The molecule has 5 heteroatoms. The van der Waals surface area contributed by atoms with Crippen LogP contribution in [0.4, 0.5) is 5.69 Å². The molecule has 0 aliphatic carbocycles. The lowest BCUT2D eigenvalue weighted by Crippen LogP contribution is -2.49. The third kappa shape index (κ3) is 2.58. The molecule has 1 aromatic carbocycles. The largest absolute Gasteiger partial charge is 0.365 e. The van der Waals surface area contributed by atoms with Gasteiger partial charge in [-0.25, -0.2) is 0 Å². The monoisotopic (exact) mass is 282 g/mol. The average molecular weight is 283 g/mol. The van der Waals surface area contributed by atoms with Gasteiger partial charge in [-0.1, -0.05) is 17.7 Å². The van der Waals surface area contributed by atoms with Crippen LogP contribution in [-0.4, -0.2) is 32.1 Å². The van der Waals surface area contributed by atoms with Crippen molar-refractivity contribution in [3.05, 3.63) is 28.8 Å². The van der Waals surface area contributed by atoms with E-state index < -0.39 is 5.79 Å². The van der Waals surface area contributed by atoms with Gasteiger partial charge in [0, 0.05) is 19.5 Å². The number of rotatable bonds is 2. The molecule has 2 saturated heterocycles. The number of ether oxygens (including phenoxy) is 2. The second kappa shape index (κ2) is 5.29. The van der Waals surface area contributed by atoms with E-state index in [1.807, 2.05) is 18.2 Å². The van der Waals surface area contributed by atoms with Gasteiger partial charge in [-0.05, 0) is 24.1 Å². The number of halogens is 1. The minimum atomic E-state index is -0.423. The number of piperidine rings is 1. The van der Waals surface area contributed by atoms with Gasteiger partial charge in [0.25, 0.3) is 0 Å². The van der Waals surface area contributed by atoms with E-state index in [0.717, 1.165) is 42.2 Å². The first-order chi connectivity index (χ1) is 9.22. The van der Waals surface area contributed by atoms with E-state index in [1.54, 1.807) is 0 Å².